The second-order valence-corrected chi connectivity index (χ2v) is 10.9. The summed E-state index contributed by atoms with van der Waals surface area (Å²) in [6.07, 6.45) is 7.27. The van der Waals surface area contributed by atoms with Gasteiger partial charge < -0.3 is 9.31 Å². The Morgan fingerprint density at radius 1 is 1.03 bits per heavy atom. The topological polar surface area (TPSA) is 36.3 Å². The van der Waals surface area contributed by atoms with E-state index in [1.54, 1.807) is 0 Å². The van der Waals surface area contributed by atoms with Gasteiger partial charge in [0.25, 0.3) is 0 Å². The Bertz CT molecular complexity index is 944. The Balaban J connectivity index is 1.59. The molecule has 2 heterocycles. The quantitative estimate of drug-likeness (QED) is 0.606. The minimum absolute atomic E-state index is 0.302. The van der Waals surface area contributed by atoms with E-state index < -0.39 is 0 Å². The van der Waals surface area contributed by atoms with Gasteiger partial charge in [0.1, 0.15) is 0 Å². The van der Waals surface area contributed by atoms with Crippen LogP contribution in [-0.2, 0) is 15.9 Å². The SMILES string of the molecule is CC1(C)CCC(Cn2cc(B3OC(C)(C)C(C)(C)O3)cn2)=C(c2ccc(Cl)cc2)C1. The van der Waals surface area contributed by atoms with Crippen LogP contribution in [-0.4, -0.2) is 28.1 Å². The molecule has 0 radical (unpaired) electrons. The van der Waals surface area contributed by atoms with E-state index in [2.05, 4.69) is 65.0 Å². The number of halogens is 1. The molecule has 0 spiro atoms. The lowest BCUT2D eigenvalue weighted by Gasteiger charge is -2.33. The first-order chi connectivity index (χ1) is 14.0. The molecule has 1 aromatic carbocycles. The maximum absolute atomic E-state index is 6.18. The third-order valence-electron chi connectivity index (χ3n) is 6.91. The Hall–Kier alpha value is -1.56. The largest absolute Gasteiger partial charge is 0.498 e. The highest BCUT2D eigenvalue weighted by Crippen LogP contribution is 2.43. The summed E-state index contributed by atoms with van der Waals surface area (Å²) in [5.41, 5.74) is 4.71. The van der Waals surface area contributed by atoms with Crippen molar-refractivity contribution in [1.82, 2.24) is 9.78 Å². The molecule has 0 N–H and O–H groups in total. The molecule has 1 aliphatic heterocycles. The van der Waals surface area contributed by atoms with Crippen molar-refractivity contribution >= 4 is 29.8 Å². The molecule has 6 heteroatoms. The van der Waals surface area contributed by atoms with Crippen molar-refractivity contribution in [3.05, 3.63) is 52.8 Å². The highest BCUT2D eigenvalue weighted by molar-refractivity contribution is 6.62. The number of benzene rings is 1. The lowest BCUT2D eigenvalue weighted by atomic mass is 9.72. The number of rotatable bonds is 4. The number of allylic oxidation sites excluding steroid dienone is 2. The Morgan fingerprint density at radius 2 is 1.67 bits per heavy atom. The minimum atomic E-state index is -0.376. The van der Waals surface area contributed by atoms with Gasteiger partial charge in [-0.15, -0.1) is 0 Å². The van der Waals surface area contributed by atoms with Gasteiger partial charge in [-0.3, -0.25) is 4.68 Å². The summed E-state index contributed by atoms with van der Waals surface area (Å²) in [5.74, 6) is 0. The van der Waals surface area contributed by atoms with Crippen LogP contribution in [0, 0.1) is 5.41 Å². The van der Waals surface area contributed by atoms with Gasteiger partial charge in [-0.2, -0.15) is 5.10 Å². The van der Waals surface area contributed by atoms with Gasteiger partial charge in [-0.05, 0) is 81.2 Å². The highest BCUT2D eigenvalue weighted by Gasteiger charge is 2.52. The molecule has 0 atom stereocenters. The molecule has 160 valence electrons. The first kappa shape index (κ1) is 21.7. The Labute approximate surface area is 185 Å². The van der Waals surface area contributed by atoms with Crippen molar-refractivity contribution < 1.29 is 9.31 Å². The molecule has 0 saturated carbocycles. The molecular weight excluding hydrogens is 395 g/mol. The number of nitrogens with zero attached hydrogens (tertiary/aromatic N) is 2. The van der Waals surface area contributed by atoms with E-state index in [9.17, 15) is 0 Å². The van der Waals surface area contributed by atoms with Crippen LogP contribution in [0.3, 0.4) is 0 Å². The van der Waals surface area contributed by atoms with Crippen LogP contribution < -0.4 is 5.46 Å². The second kappa shape index (κ2) is 7.54. The maximum Gasteiger partial charge on any atom is 0.498 e. The third kappa shape index (κ3) is 4.25. The van der Waals surface area contributed by atoms with Crippen molar-refractivity contribution in [2.24, 2.45) is 5.41 Å². The molecule has 1 saturated heterocycles. The minimum Gasteiger partial charge on any atom is -0.399 e. The molecule has 2 aliphatic rings. The van der Waals surface area contributed by atoms with Crippen molar-refractivity contribution in [3.63, 3.8) is 0 Å². The van der Waals surface area contributed by atoms with Gasteiger partial charge in [0.15, 0.2) is 0 Å². The molecule has 1 aromatic heterocycles. The van der Waals surface area contributed by atoms with Crippen molar-refractivity contribution in [2.45, 2.75) is 78.6 Å². The van der Waals surface area contributed by atoms with E-state index in [0.717, 1.165) is 29.9 Å². The summed E-state index contributed by atoms with van der Waals surface area (Å²) in [6, 6.07) is 8.23. The van der Waals surface area contributed by atoms with E-state index >= 15 is 0 Å². The van der Waals surface area contributed by atoms with Crippen LogP contribution in [0.15, 0.2) is 42.2 Å². The fourth-order valence-corrected chi connectivity index (χ4v) is 4.35. The lowest BCUT2D eigenvalue weighted by Crippen LogP contribution is -2.41. The molecule has 0 amide bonds. The van der Waals surface area contributed by atoms with Crippen LogP contribution in [0.4, 0.5) is 0 Å². The molecular formula is C24H32BClN2O2. The summed E-state index contributed by atoms with van der Waals surface area (Å²) < 4.78 is 14.4. The van der Waals surface area contributed by atoms with E-state index in [0.29, 0.717) is 5.41 Å². The second-order valence-electron chi connectivity index (χ2n) is 10.5. The molecule has 0 bridgehead atoms. The molecule has 1 aliphatic carbocycles. The summed E-state index contributed by atoms with van der Waals surface area (Å²) in [6.45, 7) is 13.8. The van der Waals surface area contributed by atoms with Crippen molar-refractivity contribution in [3.8, 4) is 0 Å². The van der Waals surface area contributed by atoms with Crippen LogP contribution >= 0.6 is 11.6 Å². The Morgan fingerprint density at radius 3 is 2.30 bits per heavy atom. The third-order valence-corrected chi connectivity index (χ3v) is 7.16. The average Bonchev–Trinajstić information content (AvgIpc) is 3.19. The molecule has 2 aromatic rings. The van der Waals surface area contributed by atoms with Gasteiger partial charge in [0.05, 0.1) is 17.7 Å². The first-order valence-corrected chi connectivity index (χ1v) is 11.2. The number of aromatic nitrogens is 2. The summed E-state index contributed by atoms with van der Waals surface area (Å²) in [4.78, 5) is 0. The normalized spacial score (nSPS) is 22.6. The van der Waals surface area contributed by atoms with E-state index in [4.69, 9.17) is 20.9 Å². The van der Waals surface area contributed by atoms with Crippen LogP contribution in [0.5, 0.6) is 0 Å². The van der Waals surface area contributed by atoms with Gasteiger partial charge in [-0.25, -0.2) is 0 Å². The average molecular weight is 427 g/mol. The summed E-state index contributed by atoms with van der Waals surface area (Å²) in [5, 5.41) is 5.40. The zero-order valence-corrected chi connectivity index (χ0v) is 19.7. The van der Waals surface area contributed by atoms with Crippen LogP contribution in [0.1, 0.15) is 66.4 Å². The Kier molecular flexibility index (Phi) is 5.45. The molecule has 30 heavy (non-hydrogen) atoms. The van der Waals surface area contributed by atoms with Crippen molar-refractivity contribution in [2.75, 3.05) is 0 Å². The standard InChI is InChI=1S/C24H32BClN2O2/c1-22(2)12-11-18(21(13-22)17-7-9-20(26)10-8-17)15-28-16-19(14-27-28)25-29-23(3,4)24(5,6)30-25/h7-10,14,16H,11-13,15H2,1-6H3. The smallest absolute Gasteiger partial charge is 0.399 e. The van der Waals surface area contributed by atoms with Crippen LogP contribution in [0.25, 0.3) is 5.57 Å². The molecule has 1 fully saturated rings. The fourth-order valence-electron chi connectivity index (χ4n) is 4.23. The number of hydrogen-bond donors (Lipinski definition) is 0. The van der Waals surface area contributed by atoms with Gasteiger partial charge >= 0.3 is 7.12 Å². The van der Waals surface area contributed by atoms with Gasteiger partial charge in [0.2, 0.25) is 0 Å². The molecule has 4 nitrogen and oxygen atoms in total. The van der Waals surface area contributed by atoms with Gasteiger partial charge in [-0.1, -0.05) is 37.6 Å². The molecule has 0 unspecified atom stereocenters. The zero-order chi connectivity index (χ0) is 21.7. The molecule has 4 rings (SSSR count). The zero-order valence-electron chi connectivity index (χ0n) is 19.0. The van der Waals surface area contributed by atoms with Crippen LogP contribution in [0.2, 0.25) is 5.02 Å². The van der Waals surface area contributed by atoms with Gasteiger partial charge in [0, 0.05) is 22.9 Å². The van der Waals surface area contributed by atoms with Crippen molar-refractivity contribution in [1.29, 1.82) is 0 Å². The summed E-state index contributed by atoms with van der Waals surface area (Å²) in [7, 11) is -0.376. The summed E-state index contributed by atoms with van der Waals surface area (Å²) >= 11 is 6.12. The number of hydrogen-bond acceptors (Lipinski definition) is 3. The van der Waals surface area contributed by atoms with E-state index in [1.807, 2.05) is 23.0 Å². The highest BCUT2D eigenvalue weighted by atomic mass is 35.5. The fraction of sp³-hybridized carbons (Fsp3) is 0.542. The van der Waals surface area contributed by atoms with E-state index in [-0.39, 0.29) is 18.3 Å². The predicted octanol–water partition coefficient (Wildman–Crippen LogP) is 5.50. The first-order valence-electron chi connectivity index (χ1n) is 10.8. The maximum atomic E-state index is 6.18. The lowest BCUT2D eigenvalue weighted by molar-refractivity contribution is 0.00578. The van der Waals surface area contributed by atoms with E-state index in [1.165, 1.54) is 23.1 Å². The predicted molar refractivity (Wildman–Crippen MR) is 124 cm³/mol. The monoisotopic (exact) mass is 426 g/mol.